The van der Waals surface area contributed by atoms with Gasteiger partial charge >= 0.3 is 0 Å². The molecule has 0 radical (unpaired) electrons. The molecule has 4 atom stereocenters. The van der Waals surface area contributed by atoms with Gasteiger partial charge in [-0.05, 0) is 39.7 Å². The van der Waals surface area contributed by atoms with E-state index in [4.69, 9.17) is 0 Å². The Hall–Kier alpha value is -0.0800. The maximum Gasteiger partial charge on any atom is 0.0117 e. The lowest BCUT2D eigenvalue weighted by atomic mass is 9.86. The fourth-order valence-corrected chi connectivity index (χ4v) is 2.66. The third-order valence-corrected chi connectivity index (χ3v) is 4.14. The maximum absolute atomic E-state index is 3.43. The van der Waals surface area contributed by atoms with E-state index in [0.29, 0.717) is 6.04 Å². The molecule has 1 fully saturated rings. The number of piperidine rings is 1. The molecule has 1 rings (SSSR count). The molecule has 0 aromatic carbocycles. The van der Waals surface area contributed by atoms with E-state index >= 15 is 0 Å². The molecule has 1 aliphatic heterocycles. The van der Waals surface area contributed by atoms with Crippen LogP contribution in [-0.4, -0.2) is 36.6 Å². The zero-order valence-electron chi connectivity index (χ0n) is 10.4. The van der Waals surface area contributed by atoms with E-state index < -0.39 is 0 Å². The molecule has 2 nitrogen and oxygen atoms in total. The molecule has 14 heavy (non-hydrogen) atoms. The first-order valence-corrected chi connectivity index (χ1v) is 6.04. The summed E-state index contributed by atoms with van der Waals surface area (Å²) in [7, 11) is 2.09. The molecule has 1 saturated heterocycles. The number of hydrogen-bond donors (Lipinski definition) is 1. The van der Waals surface area contributed by atoms with Gasteiger partial charge in [0.05, 0.1) is 0 Å². The van der Waals surface area contributed by atoms with Gasteiger partial charge in [0.25, 0.3) is 0 Å². The second-order valence-corrected chi connectivity index (χ2v) is 4.78. The Morgan fingerprint density at radius 2 is 2.07 bits per heavy atom. The van der Waals surface area contributed by atoms with Crippen LogP contribution >= 0.6 is 0 Å². The molecule has 0 aromatic heterocycles. The summed E-state index contributed by atoms with van der Waals surface area (Å²) in [6, 6.07) is 2.17. The van der Waals surface area contributed by atoms with Crippen molar-refractivity contribution in [2.75, 3.05) is 13.6 Å². The van der Waals surface area contributed by atoms with Crippen molar-refractivity contribution in [2.24, 2.45) is 5.92 Å². The number of nitrogens with one attached hydrogen (secondary N) is 1. The summed E-state index contributed by atoms with van der Waals surface area (Å²) in [6.45, 7) is 10.6. The lowest BCUT2D eigenvalue weighted by Crippen LogP contribution is -2.55. The Balaban J connectivity index is 2.59. The highest BCUT2D eigenvalue weighted by Gasteiger charge is 2.32. The van der Waals surface area contributed by atoms with Gasteiger partial charge in [-0.2, -0.15) is 0 Å². The zero-order valence-corrected chi connectivity index (χ0v) is 10.4. The minimum Gasteiger partial charge on any atom is -0.317 e. The maximum atomic E-state index is 3.43. The van der Waals surface area contributed by atoms with Gasteiger partial charge in [0, 0.05) is 24.7 Å². The largest absolute Gasteiger partial charge is 0.317 e. The van der Waals surface area contributed by atoms with Gasteiger partial charge in [0.2, 0.25) is 0 Å². The quantitative estimate of drug-likeness (QED) is 0.747. The van der Waals surface area contributed by atoms with Crippen molar-refractivity contribution in [3.63, 3.8) is 0 Å². The van der Waals surface area contributed by atoms with Gasteiger partial charge in [0.15, 0.2) is 0 Å². The van der Waals surface area contributed by atoms with Crippen LogP contribution in [0.4, 0.5) is 0 Å². The molecule has 0 amide bonds. The number of likely N-dealkylation sites (tertiary alicyclic amines) is 1. The minimum absolute atomic E-state index is 0.713. The second kappa shape index (κ2) is 5.13. The third-order valence-electron chi connectivity index (χ3n) is 4.14. The fraction of sp³-hybridized carbons (Fsp3) is 1.00. The van der Waals surface area contributed by atoms with E-state index in [0.717, 1.165) is 18.0 Å². The van der Waals surface area contributed by atoms with Crippen LogP contribution in [-0.2, 0) is 0 Å². The lowest BCUT2D eigenvalue weighted by molar-refractivity contribution is 0.0536. The van der Waals surface area contributed by atoms with Gasteiger partial charge in [-0.1, -0.05) is 13.8 Å². The molecule has 1 N–H and O–H groups in total. The molecule has 4 unspecified atom stereocenters. The first kappa shape index (κ1) is 12.0. The van der Waals surface area contributed by atoms with E-state index in [2.05, 4.69) is 45.0 Å². The minimum atomic E-state index is 0.713. The van der Waals surface area contributed by atoms with Crippen molar-refractivity contribution in [3.05, 3.63) is 0 Å². The first-order valence-electron chi connectivity index (χ1n) is 6.04. The van der Waals surface area contributed by atoms with Crippen LogP contribution in [0.5, 0.6) is 0 Å². The Morgan fingerprint density at radius 3 is 2.57 bits per heavy atom. The van der Waals surface area contributed by atoms with Crippen LogP contribution in [0.25, 0.3) is 0 Å². The summed E-state index contributed by atoms with van der Waals surface area (Å²) >= 11 is 0. The van der Waals surface area contributed by atoms with Crippen molar-refractivity contribution in [3.8, 4) is 0 Å². The average molecular weight is 198 g/mol. The van der Waals surface area contributed by atoms with Crippen LogP contribution in [0.15, 0.2) is 0 Å². The van der Waals surface area contributed by atoms with E-state index in [1.165, 1.54) is 19.4 Å². The average Bonchev–Trinajstić information content (AvgIpc) is 2.21. The SMILES string of the molecule is CCC(C)N1CCC(NC)C(C)C1C. The molecule has 0 spiro atoms. The fourth-order valence-electron chi connectivity index (χ4n) is 2.66. The van der Waals surface area contributed by atoms with Gasteiger partial charge in [-0.15, -0.1) is 0 Å². The van der Waals surface area contributed by atoms with Crippen LogP contribution in [0.1, 0.15) is 40.5 Å². The zero-order chi connectivity index (χ0) is 10.7. The van der Waals surface area contributed by atoms with Crippen LogP contribution in [0.2, 0.25) is 0 Å². The predicted molar refractivity (Wildman–Crippen MR) is 62.5 cm³/mol. The van der Waals surface area contributed by atoms with Crippen LogP contribution in [0.3, 0.4) is 0 Å². The summed E-state index contributed by atoms with van der Waals surface area (Å²) in [4.78, 5) is 2.67. The Morgan fingerprint density at radius 1 is 1.43 bits per heavy atom. The van der Waals surface area contributed by atoms with Crippen molar-refractivity contribution >= 4 is 0 Å². The molecule has 2 heteroatoms. The molecule has 0 aliphatic carbocycles. The Kier molecular flexibility index (Phi) is 4.39. The van der Waals surface area contributed by atoms with Gasteiger partial charge in [-0.3, -0.25) is 4.90 Å². The van der Waals surface area contributed by atoms with Gasteiger partial charge in [0.1, 0.15) is 0 Å². The monoisotopic (exact) mass is 198 g/mol. The topological polar surface area (TPSA) is 15.3 Å². The highest BCUT2D eigenvalue weighted by molar-refractivity contribution is 4.89. The Bertz CT molecular complexity index is 170. The second-order valence-electron chi connectivity index (χ2n) is 4.78. The summed E-state index contributed by atoms with van der Waals surface area (Å²) < 4.78 is 0. The normalized spacial score (nSPS) is 37.1. The van der Waals surface area contributed by atoms with Gasteiger partial charge in [-0.25, -0.2) is 0 Å². The lowest BCUT2D eigenvalue weighted by Gasteiger charge is -2.45. The Labute approximate surface area is 89.1 Å². The van der Waals surface area contributed by atoms with Crippen molar-refractivity contribution < 1.29 is 0 Å². The number of rotatable bonds is 3. The van der Waals surface area contributed by atoms with E-state index in [9.17, 15) is 0 Å². The standard InChI is InChI=1S/C12H26N2/c1-6-9(2)14-8-7-12(13-5)10(3)11(14)4/h9-13H,6-8H2,1-5H3. The number of hydrogen-bond acceptors (Lipinski definition) is 2. The van der Waals surface area contributed by atoms with Crippen LogP contribution < -0.4 is 5.32 Å². The highest BCUT2D eigenvalue weighted by atomic mass is 15.2. The van der Waals surface area contributed by atoms with Crippen LogP contribution in [0, 0.1) is 5.92 Å². The van der Waals surface area contributed by atoms with Crippen molar-refractivity contribution in [1.29, 1.82) is 0 Å². The summed E-state index contributed by atoms with van der Waals surface area (Å²) in [6.07, 6.45) is 2.56. The first-order chi connectivity index (χ1) is 6.61. The van der Waals surface area contributed by atoms with E-state index in [1.807, 2.05) is 0 Å². The molecule has 1 aliphatic rings. The number of nitrogens with zero attached hydrogens (tertiary/aromatic N) is 1. The third kappa shape index (κ3) is 2.29. The van der Waals surface area contributed by atoms with Crippen molar-refractivity contribution in [1.82, 2.24) is 10.2 Å². The van der Waals surface area contributed by atoms with E-state index in [1.54, 1.807) is 0 Å². The molecule has 84 valence electrons. The summed E-state index contributed by atoms with van der Waals surface area (Å²) in [5, 5.41) is 3.43. The molecular weight excluding hydrogens is 172 g/mol. The molecule has 0 bridgehead atoms. The van der Waals surface area contributed by atoms with Gasteiger partial charge < -0.3 is 5.32 Å². The molecule has 1 heterocycles. The predicted octanol–water partition coefficient (Wildman–Crippen LogP) is 2.10. The summed E-state index contributed by atoms with van der Waals surface area (Å²) in [5.41, 5.74) is 0. The van der Waals surface area contributed by atoms with Crippen molar-refractivity contribution in [2.45, 2.75) is 58.7 Å². The summed E-state index contributed by atoms with van der Waals surface area (Å²) in [5.74, 6) is 0.766. The van der Waals surface area contributed by atoms with E-state index in [-0.39, 0.29) is 0 Å². The molecular formula is C12H26N2. The highest BCUT2D eigenvalue weighted by Crippen LogP contribution is 2.25. The smallest absolute Gasteiger partial charge is 0.0117 e. The molecule has 0 aromatic rings. The molecule has 0 saturated carbocycles.